The van der Waals surface area contributed by atoms with Gasteiger partial charge in [-0.15, -0.1) is 0 Å². The number of morpholine rings is 1. The molecule has 3 aromatic rings. The van der Waals surface area contributed by atoms with E-state index < -0.39 is 0 Å². The van der Waals surface area contributed by atoms with E-state index in [1.54, 1.807) is 0 Å². The zero-order chi connectivity index (χ0) is 21.1. The monoisotopic (exact) mass is 404 g/mol. The number of guanidine groups is 1. The Morgan fingerprint density at radius 1 is 1.03 bits per heavy atom. The van der Waals surface area contributed by atoms with Crippen LogP contribution in [0.3, 0.4) is 0 Å². The van der Waals surface area contributed by atoms with Gasteiger partial charge in [-0.2, -0.15) is 4.99 Å². The average molecular weight is 405 g/mol. The molecule has 1 aromatic heterocycles. The van der Waals surface area contributed by atoms with Crippen LogP contribution in [0.4, 0.5) is 5.88 Å². The lowest BCUT2D eigenvalue weighted by molar-refractivity contribution is 0.0675. The summed E-state index contributed by atoms with van der Waals surface area (Å²) in [6.45, 7) is 9.21. The van der Waals surface area contributed by atoms with Crippen LogP contribution in [0.1, 0.15) is 35.2 Å². The molecule has 1 atom stereocenters. The lowest BCUT2D eigenvalue weighted by Crippen LogP contribution is -2.44. The van der Waals surface area contributed by atoms with Crippen molar-refractivity contribution in [3.8, 4) is 11.1 Å². The van der Waals surface area contributed by atoms with Crippen LogP contribution >= 0.6 is 0 Å². The summed E-state index contributed by atoms with van der Waals surface area (Å²) in [7, 11) is 0. The minimum Gasteiger partial charge on any atom is -0.378 e. The highest BCUT2D eigenvalue weighted by Gasteiger charge is 2.17. The van der Waals surface area contributed by atoms with Gasteiger partial charge in [-0.05, 0) is 41.7 Å². The number of aliphatic imine (C=N–C) groups is 1. The maximum Gasteiger partial charge on any atom is 0.253 e. The minimum atomic E-state index is 0.0898. The number of benzene rings is 2. The fourth-order valence-corrected chi connectivity index (χ4v) is 3.82. The first-order chi connectivity index (χ1) is 14.5. The first-order valence-corrected chi connectivity index (χ1v) is 10.3. The summed E-state index contributed by atoms with van der Waals surface area (Å²) in [5.41, 5.74) is 13.2. The SMILES string of the molecule is Cc1ccccc1-c1ccc([C@H](C)c2cc(/N=C(\N)N3CCOCC3)on2)cc1C. The molecule has 30 heavy (non-hydrogen) atoms. The zero-order valence-corrected chi connectivity index (χ0v) is 17.8. The van der Waals surface area contributed by atoms with Crippen LogP contribution in [-0.2, 0) is 4.74 Å². The van der Waals surface area contributed by atoms with E-state index in [0.29, 0.717) is 25.1 Å². The maximum absolute atomic E-state index is 6.11. The molecule has 1 fully saturated rings. The summed E-state index contributed by atoms with van der Waals surface area (Å²) in [6.07, 6.45) is 0. The second kappa shape index (κ2) is 8.71. The molecule has 0 saturated carbocycles. The standard InChI is InChI=1S/C24H28N4O2/c1-16-6-4-5-7-20(16)21-9-8-19(14-17(21)2)18(3)22-15-23(30-27-22)26-24(25)28-10-12-29-13-11-28/h4-9,14-15,18H,10-13H2,1-3H3,(H2,25,26)/t18-/m0/s1. The van der Waals surface area contributed by atoms with E-state index in [0.717, 1.165) is 18.8 Å². The molecule has 0 unspecified atom stereocenters. The second-order valence-electron chi connectivity index (χ2n) is 7.77. The molecule has 0 radical (unpaired) electrons. The first-order valence-electron chi connectivity index (χ1n) is 10.3. The third-order valence-electron chi connectivity index (χ3n) is 5.71. The molecule has 2 N–H and O–H groups in total. The Bertz CT molecular complexity index is 1050. The molecule has 1 aliphatic heterocycles. The topological polar surface area (TPSA) is 76.9 Å². The highest BCUT2D eigenvalue weighted by molar-refractivity contribution is 5.80. The van der Waals surface area contributed by atoms with Gasteiger partial charge >= 0.3 is 0 Å². The smallest absolute Gasteiger partial charge is 0.253 e. The predicted molar refractivity (Wildman–Crippen MR) is 119 cm³/mol. The lowest BCUT2D eigenvalue weighted by atomic mass is 9.91. The summed E-state index contributed by atoms with van der Waals surface area (Å²) >= 11 is 0. The van der Waals surface area contributed by atoms with Gasteiger partial charge in [-0.25, -0.2) is 0 Å². The van der Waals surface area contributed by atoms with Crippen molar-refractivity contribution >= 4 is 11.8 Å². The molecule has 0 bridgehead atoms. The van der Waals surface area contributed by atoms with E-state index in [-0.39, 0.29) is 5.92 Å². The fourth-order valence-electron chi connectivity index (χ4n) is 3.82. The van der Waals surface area contributed by atoms with Gasteiger partial charge in [0.15, 0.2) is 5.96 Å². The average Bonchev–Trinajstić information content (AvgIpc) is 3.23. The quantitative estimate of drug-likeness (QED) is 0.515. The van der Waals surface area contributed by atoms with E-state index in [1.165, 1.54) is 27.8 Å². The summed E-state index contributed by atoms with van der Waals surface area (Å²) in [6, 6.07) is 16.9. The molecule has 0 spiro atoms. The van der Waals surface area contributed by atoms with Gasteiger partial charge in [0.25, 0.3) is 5.88 Å². The van der Waals surface area contributed by atoms with Gasteiger partial charge in [0.2, 0.25) is 0 Å². The number of ether oxygens (including phenoxy) is 1. The van der Waals surface area contributed by atoms with Crippen molar-refractivity contribution in [2.45, 2.75) is 26.7 Å². The first kappa shape index (κ1) is 20.2. The molecule has 0 aliphatic carbocycles. The van der Waals surface area contributed by atoms with Gasteiger partial charge in [0, 0.05) is 25.1 Å². The number of rotatable bonds is 4. The summed E-state index contributed by atoms with van der Waals surface area (Å²) in [5.74, 6) is 0.952. The Kier molecular flexibility index (Phi) is 5.86. The van der Waals surface area contributed by atoms with Crippen molar-refractivity contribution < 1.29 is 9.26 Å². The number of aryl methyl sites for hydroxylation is 2. The van der Waals surface area contributed by atoms with E-state index in [2.05, 4.69) is 73.4 Å². The van der Waals surface area contributed by atoms with Crippen molar-refractivity contribution in [2.24, 2.45) is 10.7 Å². The molecule has 6 nitrogen and oxygen atoms in total. The largest absolute Gasteiger partial charge is 0.378 e. The van der Waals surface area contributed by atoms with Crippen LogP contribution in [0.25, 0.3) is 11.1 Å². The Morgan fingerprint density at radius 3 is 2.50 bits per heavy atom. The number of hydrogen-bond donors (Lipinski definition) is 1. The van der Waals surface area contributed by atoms with Crippen molar-refractivity contribution in [1.29, 1.82) is 0 Å². The minimum absolute atomic E-state index is 0.0898. The summed E-state index contributed by atoms with van der Waals surface area (Å²) < 4.78 is 10.8. The molecule has 2 aromatic carbocycles. The molecule has 156 valence electrons. The number of nitrogens with two attached hydrogens (primary N) is 1. The Hall–Kier alpha value is -3.12. The molecular formula is C24H28N4O2. The third kappa shape index (κ3) is 4.24. The molecule has 6 heteroatoms. The van der Waals surface area contributed by atoms with Crippen molar-refractivity contribution in [3.63, 3.8) is 0 Å². The van der Waals surface area contributed by atoms with Gasteiger partial charge in [-0.3, -0.25) is 0 Å². The molecule has 1 aliphatic rings. The highest BCUT2D eigenvalue weighted by Crippen LogP contribution is 2.32. The third-order valence-corrected chi connectivity index (χ3v) is 5.71. The number of aromatic nitrogens is 1. The van der Waals surface area contributed by atoms with E-state index in [9.17, 15) is 0 Å². The van der Waals surface area contributed by atoms with Crippen LogP contribution < -0.4 is 5.73 Å². The van der Waals surface area contributed by atoms with E-state index in [4.69, 9.17) is 15.0 Å². The molecule has 0 amide bonds. The molecule has 4 rings (SSSR count). The van der Waals surface area contributed by atoms with E-state index in [1.807, 2.05) is 11.0 Å². The lowest BCUT2D eigenvalue weighted by Gasteiger charge is -2.27. The summed E-state index contributed by atoms with van der Waals surface area (Å²) in [4.78, 5) is 6.38. The van der Waals surface area contributed by atoms with Gasteiger partial charge < -0.3 is 19.9 Å². The predicted octanol–water partition coefficient (Wildman–Crippen LogP) is 4.39. The number of nitrogens with zero attached hydrogens (tertiary/aromatic N) is 3. The normalized spacial score (nSPS) is 16.0. The van der Waals surface area contributed by atoms with Crippen molar-refractivity contribution in [1.82, 2.24) is 10.1 Å². The maximum atomic E-state index is 6.11. The Morgan fingerprint density at radius 2 is 1.77 bits per heavy atom. The van der Waals surface area contributed by atoms with Crippen molar-refractivity contribution in [2.75, 3.05) is 26.3 Å². The van der Waals surface area contributed by atoms with Gasteiger partial charge in [0.05, 0.1) is 18.9 Å². The van der Waals surface area contributed by atoms with E-state index >= 15 is 0 Å². The number of hydrogen-bond acceptors (Lipinski definition) is 4. The van der Waals surface area contributed by atoms with Crippen LogP contribution in [0.2, 0.25) is 0 Å². The zero-order valence-electron chi connectivity index (χ0n) is 17.8. The van der Waals surface area contributed by atoms with Crippen molar-refractivity contribution in [3.05, 3.63) is 70.9 Å². The molecule has 1 saturated heterocycles. The molecular weight excluding hydrogens is 376 g/mol. The Labute approximate surface area is 177 Å². The molecule has 2 heterocycles. The second-order valence-corrected chi connectivity index (χ2v) is 7.77. The van der Waals surface area contributed by atoms with Crippen LogP contribution in [0.15, 0.2) is 58.0 Å². The van der Waals surface area contributed by atoms with Crippen LogP contribution in [0.5, 0.6) is 0 Å². The fraction of sp³-hybridized carbons (Fsp3) is 0.333. The van der Waals surface area contributed by atoms with Crippen LogP contribution in [0, 0.1) is 13.8 Å². The Balaban J connectivity index is 1.53. The van der Waals surface area contributed by atoms with Gasteiger partial charge in [0.1, 0.15) is 0 Å². The summed E-state index contributed by atoms with van der Waals surface area (Å²) in [5, 5.41) is 4.23. The van der Waals surface area contributed by atoms with Crippen LogP contribution in [-0.4, -0.2) is 42.3 Å². The highest BCUT2D eigenvalue weighted by atomic mass is 16.5. The van der Waals surface area contributed by atoms with Gasteiger partial charge in [-0.1, -0.05) is 54.5 Å².